The summed E-state index contributed by atoms with van der Waals surface area (Å²) in [6.07, 6.45) is 2.27. The van der Waals surface area contributed by atoms with Crippen molar-refractivity contribution in [2.24, 2.45) is 39.7 Å². The lowest BCUT2D eigenvalue weighted by molar-refractivity contribution is -0.173. The first kappa shape index (κ1) is 24.0. The van der Waals surface area contributed by atoms with E-state index in [-0.39, 0.29) is 34.6 Å². The number of hydrogen-bond donors (Lipinski definition) is 1. The molecule has 0 spiro atoms. The molecule has 9 heteroatoms. The fraction of sp³-hybridized carbons (Fsp3) is 0.913. The second-order valence-electron chi connectivity index (χ2n) is 10.8. The lowest BCUT2D eigenvalue weighted by Crippen LogP contribution is -2.57. The summed E-state index contributed by atoms with van der Waals surface area (Å²) in [5.41, 5.74) is -0.207. The summed E-state index contributed by atoms with van der Waals surface area (Å²) in [5, 5.41) is 5.77. The maximum absolute atomic E-state index is 12.6. The summed E-state index contributed by atoms with van der Waals surface area (Å²) in [4.78, 5) is 35.5. The van der Waals surface area contributed by atoms with Crippen molar-refractivity contribution >= 4 is 23.5 Å². The highest BCUT2D eigenvalue weighted by Gasteiger charge is 2.62. The number of thioether (sulfide) groups is 1. The van der Waals surface area contributed by atoms with E-state index in [1.165, 1.54) is 0 Å². The maximum atomic E-state index is 12.6. The first-order chi connectivity index (χ1) is 15.0. The van der Waals surface area contributed by atoms with Gasteiger partial charge in [-0.05, 0) is 74.0 Å². The highest BCUT2D eigenvalue weighted by Crippen LogP contribution is 2.66. The zero-order valence-electron chi connectivity index (χ0n) is 18.7. The zero-order chi connectivity index (χ0) is 23.3. The topological polar surface area (TPSA) is 75.6 Å². The number of rotatable bonds is 5. The predicted molar refractivity (Wildman–Crippen MR) is 117 cm³/mol. The molecule has 0 aromatic rings. The third-order valence-electron chi connectivity index (χ3n) is 9.47. The fourth-order valence-corrected chi connectivity index (χ4v) is 8.97. The van der Waals surface area contributed by atoms with Gasteiger partial charge in [0.25, 0.3) is 0 Å². The molecule has 32 heavy (non-hydrogen) atoms. The Balaban J connectivity index is 1.40. The molecular weight excluding hydrogens is 441 g/mol. The molecule has 0 aromatic heterocycles. The van der Waals surface area contributed by atoms with Gasteiger partial charge in [-0.25, -0.2) is 0 Å². The molecule has 4 aliphatic carbocycles. The first-order valence-corrected chi connectivity index (χ1v) is 12.9. The fourth-order valence-electron chi connectivity index (χ4n) is 7.79. The van der Waals surface area contributed by atoms with E-state index in [1.807, 2.05) is 5.32 Å². The monoisotopic (exact) mass is 474 g/mol. The van der Waals surface area contributed by atoms with Crippen molar-refractivity contribution in [3.63, 3.8) is 0 Å². The normalized spacial score (nSPS) is 43.7. The van der Waals surface area contributed by atoms with E-state index in [1.54, 1.807) is 11.8 Å². The number of Topliss-reactive ketones (excluding diaryl/α,β-unsaturated/α-hetero) is 1. The van der Waals surface area contributed by atoms with Crippen molar-refractivity contribution in [3.05, 3.63) is 4.91 Å². The van der Waals surface area contributed by atoms with Gasteiger partial charge in [0, 0.05) is 29.4 Å². The minimum Gasteiger partial charge on any atom is -0.347 e. The molecule has 0 aromatic carbocycles. The average molecular weight is 475 g/mol. The molecule has 4 fully saturated rings. The second kappa shape index (κ2) is 8.58. The molecular formula is C23H33F3N2O3S. The largest absolute Gasteiger partial charge is 0.471 e. The Morgan fingerprint density at radius 3 is 2.56 bits per heavy atom. The first-order valence-electron chi connectivity index (χ1n) is 11.8. The van der Waals surface area contributed by atoms with E-state index in [2.05, 4.69) is 19.0 Å². The van der Waals surface area contributed by atoms with Gasteiger partial charge in [-0.15, -0.1) is 0 Å². The number of amides is 1. The molecule has 180 valence electrons. The molecule has 2 unspecified atom stereocenters. The van der Waals surface area contributed by atoms with Crippen molar-refractivity contribution in [1.82, 2.24) is 5.32 Å². The summed E-state index contributed by atoms with van der Waals surface area (Å²) in [5.74, 6) is 0.342. The highest BCUT2D eigenvalue weighted by atomic mass is 32.2. The van der Waals surface area contributed by atoms with Crippen LogP contribution in [0, 0.1) is 39.4 Å². The van der Waals surface area contributed by atoms with Gasteiger partial charge in [-0.1, -0.05) is 19.0 Å². The molecule has 5 nitrogen and oxygen atoms in total. The van der Waals surface area contributed by atoms with E-state index in [9.17, 15) is 27.7 Å². The van der Waals surface area contributed by atoms with Crippen LogP contribution in [0.5, 0.6) is 0 Å². The van der Waals surface area contributed by atoms with E-state index >= 15 is 0 Å². The molecule has 4 aliphatic rings. The molecule has 0 bridgehead atoms. The molecule has 4 saturated carbocycles. The SMILES string of the molecule is C[C@]12CC[C@H](SCCNC(=O)C(F)(F)F)CC1C(N=O)C[C@@H]1[C@@H]2CC[C@]2(C)C(=O)CC[C@@H]12. The van der Waals surface area contributed by atoms with Crippen molar-refractivity contribution in [2.45, 2.75) is 82.7 Å². The van der Waals surface area contributed by atoms with Crippen LogP contribution in [0.4, 0.5) is 13.2 Å². The van der Waals surface area contributed by atoms with Crippen LogP contribution in [-0.2, 0) is 9.59 Å². The van der Waals surface area contributed by atoms with Crippen LogP contribution >= 0.6 is 11.8 Å². The summed E-state index contributed by atoms with van der Waals surface area (Å²) >= 11 is 1.59. The van der Waals surface area contributed by atoms with Gasteiger partial charge < -0.3 is 5.32 Å². The smallest absolute Gasteiger partial charge is 0.347 e. The molecule has 1 N–H and O–H groups in total. The molecule has 1 amide bonds. The van der Waals surface area contributed by atoms with E-state index in [4.69, 9.17) is 0 Å². The number of nitrogens with zero attached hydrogens (tertiary/aromatic N) is 1. The predicted octanol–water partition coefficient (Wildman–Crippen LogP) is 5.12. The van der Waals surface area contributed by atoms with Crippen LogP contribution in [0.3, 0.4) is 0 Å². The highest BCUT2D eigenvalue weighted by molar-refractivity contribution is 7.99. The lowest BCUT2D eigenvalue weighted by atomic mass is 9.44. The Morgan fingerprint density at radius 1 is 1.12 bits per heavy atom. The molecule has 0 saturated heterocycles. The van der Waals surface area contributed by atoms with Crippen LogP contribution in [0.15, 0.2) is 5.18 Å². The van der Waals surface area contributed by atoms with Gasteiger partial charge in [0.05, 0.1) is 6.04 Å². The minimum absolute atomic E-state index is 0.0181. The lowest BCUT2D eigenvalue weighted by Gasteiger charge is -2.61. The van der Waals surface area contributed by atoms with Crippen LogP contribution in [0.1, 0.15) is 65.2 Å². The Morgan fingerprint density at radius 2 is 1.88 bits per heavy atom. The van der Waals surface area contributed by atoms with Crippen LogP contribution in [0.25, 0.3) is 0 Å². The number of fused-ring (bicyclic) bond motifs is 5. The standard InChI is InChI=1S/C23H33F3N2O3S/c1-21-7-5-13(32-10-9-27-20(30)23(24,25)26)11-17(21)18(28-31)12-14-15-3-4-19(29)22(15,2)8-6-16(14)21/h13-18H,3-12H2,1-2H3,(H,27,30)/t13-,14-,15-,16-,17?,18?,21+,22-/m0/s1. The third-order valence-corrected chi connectivity index (χ3v) is 10.8. The maximum Gasteiger partial charge on any atom is 0.471 e. The average Bonchev–Trinajstić information content (AvgIpc) is 3.04. The van der Waals surface area contributed by atoms with E-state index in [0.717, 1.165) is 44.9 Å². The number of carbonyl (C=O) groups excluding carboxylic acids is 2. The Hall–Kier alpha value is -1.12. The third kappa shape index (κ3) is 4.00. The van der Waals surface area contributed by atoms with Crippen LogP contribution in [0.2, 0.25) is 0 Å². The molecule has 0 radical (unpaired) electrons. The number of carbonyl (C=O) groups is 2. The van der Waals surface area contributed by atoms with Gasteiger partial charge in [0.2, 0.25) is 0 Å². The summed E-state index contributed by atoms with van der Waals surface area (Å²) < 4.78 is 37.0. The summed E-state index contributed by atoms with van der Waals surface area (Å²) in [6, 6.07) is -0.257. The Labute approximate surface area is 191 Å². The second-order valence-corrected chi connectivity index (χ2v) is 12.2. The Kier molecular flexibility index (Phi) is 6.44. The number of halogens is 3. The van der Waals surface area contributed by atoms with Gasteiger partial charge in [-0.2, -0.15) is 29.8 Å². The van der Waals surface area contributed by atoms with Crippen molar-refractivity contribution in [1.29, 1.82) is 0 Å². The van der Waals surface area contributed by atoms with Crippen molar-refractivity contribution in [3.8, 4) is 0 Å². The van der Waals surface area contributed by atoms with Crippen molar-refractivity contribution < 1.29 is 22.8 Å². The van der Waals surface area contributed by atoms with Crippen LogP contribution in [-0.4, -0.2) is 41.5 Å². The quantitative estimate of drug-likeness (QED) is 0.443. The van der Waals surface area contributed by atoms with Gasteiger partial charge >= 0.3 is 12.1 Å². The summed E-state index contributed by atoms with van der Waals surface area (Å²) in [7, 11) is 0. The van der Waals surface area contributed by atoms with Gasteiger partial charge in [0.15, 0.2) is 0 Å². The van der Waals surface area contributed by atoms with Gasteiger partial charge in [-0.3, -0.25) is 9.59 Å². The Bertz CT molecular complexity index is 778. The molecule has 0 heterocycles. The number of hydrogen-bond acceptors (Lipinski definition) is 5. The van der Waals surface area contributed by atoms with Crippen LogP contribution < -0.4 is 5.32 Å². The van der Waals surface area contributed by atoms with E-state index < -0.39 is 12.1 Å². The molecule has 8 atom stereocenters. The number of ketones is 1. The van der Waals surface area contributed by atoms with Crippen molar-refractivity contribution in [2.75, 3.05) is 12.3 Å². The number of nitrogens with one attached hydrogen (secondary N) is 1. The van der Waals surface area contributed by atoms with Gasteiger partial charge in [0.1, 0.15) is 5.78 Å². The zero-order valence-corrected chi connectivity index (χ0v) is 19.6. The number of nitroso groups, excluding NO2 is 1. The number of alkyl halides is 3. The van der Waals surface area contributed by atoms with E-state index in [0.29, 0.717) is 35.7 Å². The molecule has 0 aliphatic heterocycles. The minimum atomic E-state index is -4.85. The summed E-state index contributed by atoms with van der Waals surface area (Å²) in [6.45, 7) is 4.43. The molecule has 4 rings (SSSR count).